The number of hydrogen-bond acceptors (Lipinski definition) is 5. The van der Waals surface area contributed by atoms with Gasteiger partial charge in [0.1, 0.15) is 11.6 Å². The molecule has 0 saturated heterocycles. The van der Waals surface area contributed by atoms with E-state index in [0.29, 0.717) is 12.4 Å². The second-order valence-corrected chi connectivity index (χ2v) is 3.37. The van der Waals surface area contributed by atoms with Crippen molar-refractivity contribution in [2.45, 2.75) is 13.8 Å². The standard InChI is InChI=1S/C10H15N5/c1-3-15(7-8(2)4-11)10-6-13-9(12)5-14-10/h5-6,8H,3,7H2,1-2H3,(H2,12,13). The highest BCUT2D eigenvalue weighted by molar-refractivity contribution is 5.39. The van der Waals surface area contributed by atoms with Gasteiger partial charge in [-0.1, -0.05) is 0 Å². The third kappa shape index (κ3) is 3.09. The lowest BCUT2D eigenvalue weighted by molar-refractivity contribution is 0.678. The van der Waals surface area contributed by atoms with E-state index in [9.17, 15) is 0 Å². The zero-order valence-corrected chi connectivity index (χ0v) is 9.01. The Morgan fingerprint density at radius 3 is 2.73 bits per heavy atom. The highest BCUT2D eigenvalue weighted by atomic mass is 15.2. The monoisotopic (exact) mass is 205 g/mol. The lowest BCUT2D eigenvalue weighted by Gasteiger charge is -2.22. The van der Waals surface area contributed by atoms with Gasteiger partial charge in [-0.2, -0.15) is 5.26 Å². The largest absolute Gasteiger partial charge is 0.382 e. The molecule has 0 aliphatic heterocycles. The van der Waals surface area contributed by atoms with E-state index in [2.05, 4.69) is 16.0 Å². The Bertz CT molecular complexity index is 340. The molecule has 1 aromatic rings. The predicted octanol–water partition coefficient (Wildman–Crippen LogP) is 1.04. The fraction of sp³-hybridized carbons (Fsp3) is 0.500. The van der Waals surface area contributed by atoms with Crippen LogP contribution in [0.5, 0.6) is 0 Å². The number of aromatic nitrogens is 2. The van der Waals surface area contributed by atoms with Gasteiger partial charge in [0.2, 0.25) is 0 Å². The topological polar surface area (TPSA) is 78.8 Å². The van der Waals surface area contributed by atoms with Gasteiger partial charge in [-0.15, -0.1) is 0 Å². The van der Waals surface area contributed by atoms with Crippen molar-refractivity contribution in [1.82, 2.24) is 9.97 Å². The fourth-order valence-electron chi connectivity index (χ4n) is 1.25. The molecule has 2 N–H and O–H groups in total. The zero-order valence-electron chi connectivity index (χ0n) is 9.01. The van der Waals surface area contributed by atoms with Crippen LogP contribution >= 0.6 is 0 Å². The molecule has 1 aromatic heterocycles. The summed E-state index contributed by atoms with van der Waals surface area (Å²) in [7, 11) is 0. The first-order valence-electron chi connectivity index (χ1n) is 4.89. The summed E-state index contributed by atoms with van der Waals surface area (Å²) in [4.78, 5) is 10.1. The van der Waals surface area contributed by atoms with Crippen LogP contribution in [0.4, 0.5) is 11.6 Å². The van der Waals surface area contributed by atoms with E-state index in [-0.39, 0.29) is 5.92 Å². The number of nitrogen functional groups attached to an aromatic ring is 1. The summed E-state index contributed by atoms with van der Waals surface area (Å²) in [6.07, 6.45) is 3.15. The maximum atomic E-state index is 8.74. The van der Waals surface area contributed by atoms with Gasteiger partial charge in [-0.3, -0.25) is 0 Å². The van der Waals surface area contributed by atoms with Gasteiger partial charge in [0.25, 0.3) is 0 Å². The minimum absolute atomic E-state index is 0.0238. The fourth-order valence-corrected chi connectivity index (χ4v) is 1.25. The molecule has 0 aliphatic rings. The van der Waals surface area contributed by atoms with Crippen LogP contribution in [-0.4, -0.2) is 23.1 Å². The summed E-state index contributed by atoms with van der Waals surface area (Å²) in [6, 6.07) is 2.20. The minimum atomic E-state index is -0.0238. The Kier molecular flexibility index (Phi) is 3.86. The van der Waals surface area contributed by atoms with E-state index in [1.165, 1.54) is 6.20 Å². The molecule has 0 amide bonds. The van der Waals surface area contributed by atoms with Crippen LogP contribution in [0.15, 0.2) is 12.4 Å². The first kappa shape index (κ1) is 11.2. The summed E-state index contributed by atoms with van der Waals surface area (Å²) in [5.74, 6) is 1.14. The number of nitrogens with zero attached hydrogens (tertiary/aromatic N) is 4. The van der Waals surface area contributed by atoms with Crippen LogP contribution in [0.3, 0.4) is 0 Å². The Morgan fingerprint density at radius 2 is 2.27 bits per heavy atom. The molecule has 0 radical (unpaired) electrons. The minimum Gasteiger partial charge on any atom is -0.382 e. The van der Waals surface area contributed by atoms with Gasteiger partial charge in [0.05, 0.1) is 24.4 Å². The molecular weight excluding hydrogens is 190 g/mol. The van der Waals surface area contributed by atoms with Crippen molar-refractivity contribution >= 4 is 11.6 Å². The molecule has 0 spiro atoms. The van der Waals surface area contributed by atoms with Gasteiger partial charge < -0.3 is 10.6 Å². The van der Waals surface area contributed by atoms with Crippen molar-refractivity contribution in [3.63, 3.8) is 0 Å². The normalized spacial score (nSPS) is 11.8. The quantitative estimate of drug-likeness (QED) is 0.794. The van der Waals surface area contributed by atoms with Gasteiger partial charge in [0.15, 0.2) is 0 Å². The van der Waals surface area contributed by atoms with Crippen LogP contribution < -0.4 is 10.6 Å². The summed E-state index contributed by atoms with van der Waals surface area (Å²) in [5.41, 5.74) is 5.45. The molecular formula is C10H15N5. The summed E-state index contributed by atoms with van der Waals surface area (Å²) >= 11 is 0. The van der Waals surface area contributed by atoms with E-state index in [1.54, 1.807) is 6.20 Å². The van der Waals surface area contributed by atoms with Crippen LogP contribution in [0, 0.1) is 17.2 Å². The summed E-state index contributed by atoms with van der Waals surface area (Å²) in [6.45, 7) is 5.35. The van der Waals surface area contributed by atoms with Crippen molar-refractivity contribution in [2.24, 2.45) is 5.92 Å². The van der Waals surface area contributed by atoms with E-state index >= 15 is 0 Å². The molecule has 0 saturated carbocycles. The van der Waals surface area contributed by atoms with Gasteiger partial charge in [-0.05, 0) is 13.8 Å². The molecule has 5 nitrogen and oxygen atoms in total. The van der Waals surface area contributed by atoms with Gasteiger partial charge in [-0.25, -0.2) is 9.97 Å². The molecule has 0 fully saturated rings. The molecule has 1 unspecified atom stereocenters. The van der Waals surface area contributed by atoms with E-state index in [1.807, 2.05) is 18.7 Å². The Balaban J connectivity index is 2.75. The van der Waals surface area contributed by atoms with E-state index in [4.69, 9.17) is 11.0 Å². The van der Waals surface area contributed by atoms with Crippen molar-refractivity contribution < 1.29 is 0 Å². The van der Waals surface area contributed by atoms with Crippen molar-refractivity contribution in [2.75, 3.05) is 23.7 Å². The smallest absolute Gasteiger partial charge is 0.147 e. The molecule has 0 bridgehead atoms. The molecule has 0 aromatic carbocycles. The second kappa shape index (κ2) is 5.15. The third-order valence-corrected chi connectivity index (χ3v) is 2.08. The molecule has 80 valence electrons. The van der Waals surface area contributed by atoms with Gasteiger partial charge in [0, 0.05) is 13.1 Å². The predicted molar refractivity (Wildman–Crippen MR) is 59.1 cm³/mol. The Hall–Kier alpha value is -1.83. The average Bonchev–Trinajstić information content (AvgIpc) is 2.27. The highest BCUT2D eigenvalue weighted by Crippen LogP contribution is 2.11. The summed E-state index contributed by atoms with van der Waals surface area (Å²) < 4.78 is 0. The molecule has 1 rings (SSSR count). The SMILES string of the molecule is CCN(CC(C)C#N)c1cnc(N)cn1. The summed E-state index contributed by atoms with van der Waals surface area (Å²) in [5, 5.41) is 8.74. The van der Waals surface area contributed by atoms with Crippen LogP contribution in [0.2, 0.25) is 0 Å². The number of rotatable bonds is 4. The van der Waals surface area contributed by atoms with Crippen LogP contribution in [0.1, 0.15) is 13.8 Å². The molecule has 1 heterocycles. The molecule has 5 heteroatoms. The maximum Gasteiger partial charge on any atom is 0.147 e. The number of nitriles is 1. The number of nitrogens with two attached hydrogens (primary N) is 1. The molecule has 15 heavy (non-hydrogen) atoms. The molecule has 1 atom stereocenters. The van der Waals surface area contributed by atoms with Crippen molar-refractivity contribution in [3.8, 4) is 6.07 Å². The van der Waals surface area contributed by atoms with Crippen molar-refractivity contribution in [1.29, 1.82) is 5.26 Å². The van der Waals surface area contributed by atoms with E-state index < -0.39 is 0 Å². The van der Waals surface area contributed by atoms with E-state index in [0.717, 1.165) is 12.4 Å². The van der Waals surface area contributed by atoms with Crippen molar-refractivity contribution in [3.05, 3.63) is 12.4 Å². The first-order valence-corrected chi connectivity index (χ1v) is 4.89. The first-order chi connectivity index (χ1) is 7.17. The van der Waals surface area contributed by atoms with Crippen LogP contribution in [0.25, 0.3) is 0 Å². The average molecular weight is 205 g/mol. The maximum absolute atomic E-state index is 8.74. The Morgan fingerprint density at radius 1 is 1.53 bits per heavy atom. The third-order valence-electron chi connectivity index (χ3n) is 2.08. The number of anilines is 2. The zero-order chi connectivity index (χ0) is 11.3. The van der Waals surface area contributed by atoms with Gasteiger partial charge >= 0.3 is 0 Å². The lowest BCUT2D eigenvalue weighted by Crippen LogP contribution is -2.28. The molecule has 0 aliphatic carbocycles. The second-order valence-electron chi connectivity index (χ2n) is 3.37. The highest BCUT2D eigenvalue weighted by Gasteiger charge is 2.09. The Labute approximate surface area is 89.6 Å². The van der Waals surface area contributed by atoms with Crippen LogP contribution in [-0.2, 0) is 0 Å². The number of hydrogen-bond donors (Lipinski definition) is 1. The lowest BCUT2D eigenvalue weighted by atomic mass is 10.2.